The molecule has 6 aromatic rings. The zero-order valence-corrected chi connectivity index (χ0v) is 46.6. The van der Waals surface area contributed by atoms with Crippen molar-refractivity contribution < 1.29 is 38.9 Å². The van der Waals surface area contributed by atoms with Crippen molar-refractivity contribution >= 4 is 57.8 Å². The van der Waals surface area contributed by atoms with E-state index in [0.717, 1.165) is 45.3 Å². The van der Waals surface area contributed by atoms with Crippen molar-refractivity contribution in [3.63, 3.8) is 0 Å². The van der Waals surface area contributed by atoms with Crippen molar-refractivity contribution in [2.45, 2.75) is 140 Å². The summed E-state index contributed by atoms with van der Waals surface area (Å²) >= 11 is 17.2. The number of hydrogen-bond donors (Lipinski definition) is 6. The van der Waals surface area contributed by atoms with E-state index in [1.165, 1.54) is 13.8 Å². The average Bonchev–Trinajstić information content (AvgIpc) is 3.93. The van der Waals surface area contributed by atoms with Gasteiger partial charge in [-0.25, -0.2) is 9.97 Å². The molecule has 16 nitrogen and oxygen atoms in total. The van der Waals surface area contributed by atoms with Gasteiger partial charge in [-0.05, 0) is 126 Å². The highest BCUT2D eigenvalue weighted by Gasteiger charge is 2.20. The summed E-state index contributed by atoms with van der Waals surface area (Å²) in [7, 11) is 3.84. The topological polar surface area (TPSA) is 225 Å². The van der Waals surface area contributed by atoms with Gasteiger partial charge in [-0.3, -0.25) is 19.2 Å². The highest BCUT2D eigenvalue weighted by atomic mass is 35.5. The summed E-state index contributed by atoms with van der Waals surface area (Å²) in [5, 5.41) is 28.4. The van der Waals surface area contributed by atoms with Crippen molar-refractivity contribution in [3.05, 3.63) is 141 Å². The lowest BCUT2D eigenvalue weighted by molar-refractivity contribution is -0.119. The molecule has 78 heavy (non-hydrogen) atoms. The van der Waals surface area contributed by atoms with E-state index in [1.54, 1.807) is 36.4 Å². The van der Waals surface area contributed by atoms with Gasteiger partial charge in [0.1, 0.15) is 23.1 Å². The molecule has 0 aliphatic heterocycles. The van der Waals surface area contributed by atoms with Crippen molar-refractivity contribution in [2.75, 3.05) is 13.2 Å². The number of aryl methyl sites for hydroxylation is 2. The number of ether oxygens (including phenoxy) is 2. The summed E-state index contributed by atoms with van der Waals surface area (Å²) in [5.74, 6) is 2.06. The minimum absolute atomic E-state index is 0. The van der Waals surface area contributed by atoms with Crippen molar-refractivity contribution in [1.82, 2.24) is 35.1 Å². The lowest BCUT2D eigenvalue weighted by Gasteiger charge is -2.19. The second-order valence-electron chi connectivity index (χ2n) is 18.7. The standard InChI is InChI=1S/C28H35ClN4O4.C26H33ClN4O3.C2H3ClO.3CH4/c1-17(2)37-26-11-10-22(15-24(26)29)28(36)31-23(12-13-34)14-20-6-8-21(9-7-20)25-16-33(5)27(32-25)18(3)30-19(4)35;1-16(2)34-24-10-9-20(14-22(24)27)26(33)29-21(11-12-32)13-18-5-7-19(8-6-18)23-15-31(4)25(30-23)17(3)28;1-2(3)4;;;/h6-11,15-18,23,34H,12-14H2,1-5H3,(H,30,35)(H,31,36);5-10,14-17,21,32H,11-13,28H2,1-4H3,(H,29,33);1H3;3*1H4/t18?,23-;17?,21-;;;;/m11..../s1. The molecule has 428 valence electrons. The Labute approximate surface area is 477 Å². The van der Waals surface area contributed by atoms with Gasteiger partial charge in [0.15, 0.2) is 0 Å². The molecule has 2 aromatic heterocycles. The van der Waals surface area contributed by atoms with Crippen LogP contribution in [0.2, 0.25) is 10.0 Å². The molecule has 0 fully saturated rings. The van der Waals surface area contributed by atoms with Gasteiger partial charge in [0, 0.05) is 87.9 Å². The second kappa shape index (κ2) is 33.9. The van der Waals surface area contributed by atoms with Crippen LogP contribution in [0.15, 0.2) is 97.3 Å². The molecule has 2 unspecified atom stereocenters. The molecule has 4 aromatic carbocycles. The van der Waals surface area contributed by atoms with Crippen LogP contribution in [0.5, 0.6) is 11.5 Å². The Morgan fingerprint density at radius 3 is 1.27 bits per heavy atom. The number of benzene rings is 4. The van der Waals surface area contributed by atoms with Crippen molar-refractivity contribution in [3.8, 4) is 34.0 Å². The molecule has 19 heteroatoms. The van der Waals surface area contributed by atoms with Gasteiger partial charge < -0.3 is 50.5 Å². The Hall–Kier alpha value is -6.27. The van der Waals surface area contributed by atoms with Crippen LogP contribution < -0.4 is 31.2 Å². The Kier molecular flexibility index (Phi) is 30.3. The van der Waals surface area contributed by atoms with Gasteiger partial charge in [0.25, 0.3) is 11.8 Å². The number of nitrogens with two attached hydrogens (primary N) is 1. The largest absolute Gasteiger partial charge is 0.489 e. The molecule has 0 saturated carbocycles. The highest BCUT2D eigenvalue weighted by Crippen LogP contribution is 2.29. The number of aliphatic hydroxyl groups excluding tert-OH is 2. The van der Waals surface area contributed by atoms with Crippen LogP contribution in [0.25, 0.3) is 22.5 Å². The highest BCUT2D eigenvalue weighted by molar-refractivity contribution is 6.62. The molecule has 7 N–H and O–H groups in total. The molecule has 0 saturated heterocycles. The maximum absolute atomic E-state index is 12.9. The van der Waals surface area contributed by atoms with Crippen LogP contribution in [0, 0.1) is 0 Å². The molecule has 0 spiro atoms. The predicted molar refractivity (Wildman–Crippen MR) is 317 cm³/mol. The average molecular weight is 1140 g/mol. The maximum atomic E-state index is 12.9. The molecule has 4 atom stereocenters. The number of amides is 3. The van der Waals surface area contributed by atoms with E-state index < -0.39 is 0 Å². The van der Waals surface area contributed by atoms with Gasteiger partial charge >= 0.3 is 0 Å². The number of carbonyl (C=O) groups excluding carboxylic acids is 4. The number of hydrogen-bond acceptors (Lipinski definition) is 11. The molecular formula is C59H83Cl3N8O8. The number of imidazole rings is 2. The lowest BCUT2D eigenvalue weighted by Crippen LogP contribution is -2.37. The summed E-state index contributed by atoms with van der Waals surface area (Å²) in [6.07, 6.45) is 5.86. The molecule has 6 rings (SSSR count). The zero-order chi connectivity index (χ0) is 55.5. The molecule has 3 amide bonds. The number of nitrogens with zero attached hydrogens (tertiary/aromatic N) is 4. The third-order valence-electron chi connectivity index (χ3n) is 11.2. The number of carbonyl (C=O) groups is 4. The van der Waals surface area contributed by atoms with Crippen LogP contribution >= 0.6 is 34.8 Å². The number of rotatable bonds is 21. The van der Waals surface area contributed by atoms with E-state index in [9.17, 15) is 29.4 Å². The molecule has 2 heterocycles. The van der Waals surface area contributed by atoms with Crippen molar-refractivity contribution in [1.29, 1.82) is 0 Å². The van der Waals surface area contributed by atoms with Crippen LogP contribution in [-0.2, 0) is 36.5 Å². The Morgan fingerprint density at radius 2 is 0.962 bits per heavy atom. The van der Waals surface area contributed by atoms with Gasteiger partial charge in [-0.2, -0.15) is 0 Å². The number of nitrogens with one attached hydrogen (secondary N) is 3. The van der Waals surface area contributed by atoms with E-state index >= 15 is 0 Å². The summed E-state index contributed by atoms with van der Waals surface area (Å²) in [5.41, 5.74) is 12.5. The van der Waals surface area contributed by atoms with E-state index in [1.807, 2.05) is 126 Å². The monoisotopic (exact) mass is 1140 g/mol. The van der Waals surface area contributed by atoms with Gasteiger partial charge in [-0.1, -0.05) is 94.0 Å². The van der Waals surface area contributed by atoms with E-state index in [0.29, 0.717) is 58.4 Å². The minimum Gasteiger partial charge on any atom is -0.489 e. The smallest absolute Gasteiger partial charge is 0.251 e. The Balaban J connectivity index is 0.000000706. The van der Waals surface area contributed by atoms with Gasteiger partial charge in [0.2, 0.25) is 11.1 Å². The first-order valence-electron chi connectivity index (χ1n) is 24.7. The molecule has 0 bridgehead atoms. The first-order valence-corrected chi connectivity index (χ1v) is 25.8. The molecule has 0 aliphatic rings. The normalized spacial score (nSPS) is 12.1. The number of aliphatic hydroxyl groups is 2. The summed E-state index contributed by atoms with van der Waals surface area (Å²) in [4.78, 5) is 55.6. The minimum atomic E-state index is -0.361. The summed E-state index contributed by atoms with van der Waals surface area (Å²) < 4.78 is 15.1. The van der Waals surface area contributed by atoms with Gasteiger partial charge in [-0.15, -0.1) is 0 Å². The fourth-order valence-electron chi connectivity index (χ4n) is 7.91. The molecule has 0 aliphatic carbocycles. The molecule has 0 radical (unpaired) electrons. The third kappa shape index (κ3) is 22.2. The van der Waals surface area contributed by atoms with E-state index in [2.05, 4.69) is 32.5 Å². The Bertz CT molecular complexity index is 2810. The number of halogens is 3. The van der Waals surface area contributed by atoms with Crippen LogP contribution in [0.4, 0.5) is 0 Å². The first kappa shape index (κ1) is 69.7. The zero-order valence-electron chi connectivity index (χ0n) is 44.3. The lowest BCUT2D eigenvalue weighted by atomic mass is 10.0. The summed E-state index contributed by atoms with van der Waals surface area (Å²) in [6, 6.07) is 25.1. The quantitative estimate of drug-likeness (QED) is 0.0372. The third-order valence-corrected chi connectivity index (χ3v) is 11.8. The first-order chi connectivity index (χ1) is 35.5. The van der Waals surface area contributed by atoms with Crippen LogP contribution in [-0.4, -0.2) is 89.8 Å². The van der Waals surface area contributed by atoms with E-state index in [4.69, 9.17) is 43.4 Å². The van der Waals surface area contributed by atoms with E-state index in [-0.39, 0.29) is 94.8 Å². The van der Waals surface area contributed by atoms with Gasteiger partial charge in [0.05, 0.1) is 45.7 Å². The summed E-state index contributed by atoms with van der Waals surface area (Å²) in [6.45, 7) is 14.2. The fourth-order valence-corrected chi connectivity index (χ4v) is 8.36. The van der Waals surface area contributed by atoms with Crippen LogP contribution in [0.1, 0.15) is 146 Å². The van der Waals surface area contributed by atoms with Crippen molar-refractivity contribution in [2.24, 2.45) is 19.8 Å². The SMILES string of the molecule is C.C.C.CC(=O)Cl.CC(=O)NC(C)c1nc(-c2ccc(C[C@@H](CCO)NC(=O)c3ccc(OC(C)C)c(Cl)c3)cc2)cn1C.CC(C)Oc1ccc(C(=O)N[C@H](CCO)Cc2ccc(-c3cn(C)c(C(C)N)n3)cc2)cc1Cl. The molecular weight excluding hydrogens is 1060 g/mol. The maximum Gasteiger partial charge on any atom is 0.251 e. The number of aromatic nitrogens is 4. The predicted octanol–water partition coefficient (Wildman–Crippen LogP) is 11.4. The fraction of sp³-hybridized carbons (Fsp3) is 0.424. The second-order valence-corrected chi connectivity index (χ2v) is 20.0. The Morgan fingerprint density at radius 1 is 0.603 bits per heavy atom. The van der Waals surface area contributed by atoms with Crippen LogP contribution in [0.3, 0.4) is 0 Å².